The predicted molar refractivity (Wildman–Crippen MR) is 74.0 cm³/mol. The number of anilines is 2. The second-order valence-electron chi connectivity index (χ2n) is 5.15. The molecule has 0 unspecified atom stereocenters. The molecule has 0 aromatic carbocycles. The molecule has 1 aliphatic carbocycles. The van der Waals surface area contributed by atoms with Gasteiger partial charge in [0.15, 0.2) is 0 Å². The van der Waals surface area contributed by atoms with Crippen LogP contribution >= 0.6 is 0 Å². The van der Waals surface area contributed by atoms with Crippen molar-refractivity contribution < 1.29 is 4.79 Å². The molecule has 1 saturated heterocycles. The Morgan fingerprint density at radius 3 is 2.58 bits per heavy atom. The second-order valence-corrected chi connectivity index (χ2v) is 5.15. The molecule has 0 atom stereocenters. The SMILES string of the molecule is Nc1ccc(N2CCN(C(=O)NC3CC3)CC2)nc1. The number of nitrogen functional groups attached to an aromatic ring is 1. The molecule has 6 nitrogen and oxygen atoms in total. The van der Waals surface area contributed by atoms with Crippen molar-refractivity contribution in [3.8, 4) is 0 Å². The standard InChI is InChI=1S/C13H19N5O/c14-10-1-4-12(15-9-10)17-5-7-18(8-6-17)13(19)16-11-2-3-11/h1,4,9,11H,2-3,5-8,14H2,(H,16,19). The highest BCUT2D eigenvalue weighted by molar-refractivity contribution is 5.75. The molecule has 2 amide bonds. The maximum Gasteiger partial charge on any atom is 0.317 e. The van der Waals surface area contributed by atoms with Crippen LogP contribution in [0.3, 0.4) is 0 Å². The number of amides is 2. The van der Waals surface area contributed by atoms with Crippen molar-refractivity contribution in [2.75, 3.05) is 36.8 Å². The highest BCUT2D eigenvalue weighted by atomic mass is 16.2. The third kappa shape index (κ3) is 2.89. The number of nitrogens with one attached hydrogen (secondary N) is 1. The van der Waals surface area contributed by atoms with Crippen LogP contribution in [0.4, 0.5) is 16.3 Å². The smallest absolute Gasteiger partial charge is 0.317 e. The Morgan fingerprint density at radius 1 is 1.26 bits per heavy atom. The number of nitrogens with zero attached hydrogens (tertiary/aromatic N) is 3. The summed E-state index contributed by atoms with van der Waals surface area (Å²) in [6.07, 6.45) is 3.92. The maximum atomic E-state index is 11.9. The van der Waals surface area contributed by atoms with Gasteiger partial charge in [0.1, 0.15) is 5.82 Å². The summed E-state index contributed by atoms with van der Waals surface area (Å²) >= 11 is 0. The number of rotatable bonds is 2. The van der Waals surface area contributed by atoms with Crippen LogP contribution in [0.2, 0.25) is 0 Å². The average molecular weight is 261 g/mol. The van der Waals surface area contributed by atoms with E-state index in [0.29, 0.717) is 11.7 Å². The Kier molecular flexibility index (Phi) is 3.15. The number of carbonyl (C=O) groups is 1. The Balaban J connectivity index is 1.53. The van der Waals surface area contributed by atoms with Gasteiger partial charge in [0.25, 0.3) is 0 Å². The third-order valence-corrected chi connectivity index (χ3v) is 3.57. The Labute approximate surface area is 112 Å². The van der Waals surface area contributed by atoms with Gasteiger partial charge in [-0.15, -0.1) is 0 Å². The molecular formula is C13H19N5O. The Hall–Kier alpha value is -1.98. The van der Waals surface area contributed by atoms with Crippen LogP contribution in [0.15, 0.2) is 18.3 Å². The minimum absolute atomic E-state index is 0.0763. The molecule has 0 bridgehead atoms. The first-order valence-electron chi connectivity index (χ1n) is 6.74. The molecule has 19 heavy (non-hydrogen) atoms. The Morgan fingerprint density at radius 2 is 2.00 bits per heavy atom. The lowest BCUT2D eigenvalue weighted by molar-refractivity contribution is 0.194. The molecule has 0 radical (unpaired) electrons. The lowest BCUT2D eigenvalue weighted by Gasteiger charge is -2.35. The maximum absolute atomic E-state index is 11.9. The highest BCUT2D eigenvalue weighted by Gasteiger charge is 2.27. The minimum Gasteiger partial charge on any atom is -0.397 e. The summed E-state index contributed by atoms with van der Waals surface area (Å²) in [7, 11) is 0. The topological polar surface area (TPSA) is 74.5 Å². The summed E-state index contributed by atoms with van der Waals surface area (Å²) in [5.74, 6) is 0.927. The van der Waals surface area contributed by atoms with Crippen LogP contribution in [0.1, 0.15) is 12.8 Å². The van der Waals surface area contributed by atoms with Gasteiger partial charge in [-0.25, -0.2) is 9.78 Å². The molecule has 6 heteroatoms. The van der Waals surface area contributed by atoms with Gasteiger partial charge in [-0.1, -0.05) is 0 Å². The molecule has 3 rings (SSSR count). The quantitative estimate of drug-likeness (QED) is 0.820. The number of pyridine rings is 1. The summed E-state index contributed by atoms with van der Waals surface area (Å²) in [6.45, 7) is 3.11. The van der Waals surface area contributed by atoms with Crippen LogP contribution in [-0.4, -0.2) is 48.1 Å². The van der Waals surface area contributed by atoms with Crippen LogP contribution in [0.5, 0.6) is 0 Å². The van der Waals surface area contributed by atoms with E-state index in [2.05, 4.69) is 15.2 Å². The first-order valence-corrected chi connectivity index (χ1v) is 6.74. The average Bonchev–Trinajstić information content (AvgIpc) is 3.24. The van der Waals surface area contributed by atoms with Gasteiger partial charge in [0.05, 0.1) is 11.9 Å². The molecule has 102 valence electrons. The molecule has 2 heterocycles. The van der Waals surface area contributed by atoms with Gasteiger partial charge >= 0.3 is 6.03 Å². The van der Waals surface area contributed by atoms with Crippen molar-refractivity contribution in [1.29, 1.82) is 0 Å². The zero-order valence-corrected chi connectivity index (χ0v) is 10.9. The molecule has 2 fully saturated rings. The fraction of sp³-hybridized carbons (Fsp3) is 0.538. The van der Waals surface area contributed by atoms with Crippen molar-refractivity contribution in [3.05, 3.63) is 18.3 Å². The van der Waals surface area contributed by atoms with E-state index in [9.17, 15) is 4.79 Å². The van der Waals surface area contributed by atoms with E-state index in [1.165, 1.54) is 0 Å². The summed E-state index contributed by atoms with van der Waals surface area (Å²) < 4.78 is 0. The number of hydrogen-bond acceptors (Lipinski definition) is 4. The van der Waals surface area contributed by atoms with Gasteiger partial charge in [0.2, 0.25) is 0 Å². The van der Waals surface area contributed by atoms with E-state index in [-0.39, 0.29) is 6.03 Å². The van der Waals surface area contributed by atoms with Gasteiger partial charge in [-0.05, 0) is 25.0 Å². The monoisotopic (exact) mass is 261 g/mol. The number of carbonyl (C=O) groups excluding carboxylic acids is 1. The predicted octanol–water partition coefficient (Wildman–Crippen LogP) is 0.658. The van der Waals surface area contributed by atoms with Gasteiger partial charge < -0.3 is 20.9 Å². The fourth-order valence-corrected chi connectivity index (χ4v) is 2.22. The van der Waals surface area contributed by atoms with Crippen LogP contribution in [0, 0.1) is 0 Å². The van der Waals surface area contributed by atoms with Crippen LogP contribution in [0.25, 0.3) is 0 Å². The summed E-state index contributed by atoms with van der Waals surface area (Å²) in [4.78, 5) is 20.3. The normalized spacial score (nSPS) is 19.4. The zero-order chi connectivity index (χ0) is 13.2. The number of hydrogen-bond donors (Lipinski definition) is 2. The molecule has 2 aliphatic rings. The van der Waals surface area contributed by atoms with E-state index in [1.807, 2.05) is 17.0 Å². The van der Waals surface area contributed by atoms with Crippen molar-refractivity contribution in [3.63, 3.8) is 0 Å². The van der Waals surface area contributed by atoms with Gasteiger partial charge in [0, 0.05) is 32.2 Å². The lowest BCUT2D eigenvalue weighted by atomic mass is 10.3. The third-order valence-electron chi connectivity index (χ3n) is 3.57. The van der Waals surface area contributed by atoms with Gasteiger partial charge in [-0.3, -0.25) is 0 Å². The fourth-order valence-electron chi connectivity index (χ4n) is 2.22. The van der Waals surface area contributed by atoms with Crippen LogP contribution < -0.4 is 16.0 Å². The second kappa shape index (κ2) is 4.95. The number of piperazine rings is 1. The van der Waals surface area contributed by atoms with E-state index in [4.69, 9.17) is 5.73 Å². The summed E-state index contributed by atoms with van der Waals surface area (Å²) in [5, 5.41) is 3.02. The number of nitrogens with two attached hydrogens (primary N) is 1. The van der Waals surface area contributed by atoms with E-state index >= 15 is 0 Å². The largest absolute Gasteiger partial charge is 0.397 e. The van der Waals surface area contributed by atoms with Crippen molar-refractivity contribution in [2.24, 2.45) is 0 Å². The first kappa shape index (κ1) is 12.1. The zero-order valence-electron chi connectivity index (χ0n) is 10.9. The Bertz CT molecular complexity index is 449. The first-order chi connectivity index (χ1) is 9.22. The molecule has 3 N–H and O–H groups in total. The molecular weight excluding hydrogens is 242 g/mol. The molecule has 1 saturated carbocycles. The van der Waals surface area contributed by atoms with Gasteiger partial charge in [-0.2, -0.15) is 0 Å². The molecule has 1 aromatic rings. The van der Waals surface area contributed by atoms with Crippen molar-refractivity contribution in [1.82, 2.24) is 15.2 Å². The molecule has 1 aromatic heterocycles. The number of aromatic nitrogens is 1. The summed E-state index contributed by atoms with van der Waals surface area (Å²) in [6, 6.07) is 4.28. The van der Waals surface area contributed by atoms with E-state index in [1.54, 1.807) is 6.20 Å². The highest BCUT2D eigenvalue weighted by Crippen LogP contribution is 2.19. The number of urea groups is 1. The summed E-state index contributed by atoms with van der Waals surface area (Å²) in [5.41, 5.74) is 6.30. The van der Waals surface area contributed by atoms with Crippen molar-refractivity contribution >= 4 is 17.5 Å². The van der Waals surface area contributed by atoms with E-state index in [0.717, 1.165) is 44.8 Å². The molecule has 0 spiro atoms. The molecule has 1 aliphatic heterocycles. The minimum atomic E-state index is 0.0763. The van der Waals surface area contributed by atoms with Crippen LogP contribution in [-0.2, 0) is 0 Å². The lowest BCUT2D eigenvalue weighted by Crippen LogP contribution is -2.52. The van der Waals surface area contributed by atoms with Crippen molar-refractivity contribution in [2.45, 2.75) is 18.9 Å². The van der Waals surface area contributed by atoms with E-state index < -0.39 is 0 Å².